The molecule has 0 saturated heterocycles. The Hall–Kier alpha value is -2.48. The van der Waals surface area contributed by atoms with Crippen LogP contribution in [0.5, 0.6) is 0 Å². The Morgan fingerprint density at radius 1 is 1.45 bits per heavy atom. The Kier molecular flexibility index (Phi) is 5.05. The Balaban J connectivity index is 2.19. The predicted molar refractivity (Wildman–Crippen MR) is 77.6 cm³/mol. The highest BCUT2D eigenvalue weighted by molar-refractivity contribution is 5.95. The summed E-state index contributed by atoms with van der Waals surface area (Å²) >= 11 is 0. The third kappa shape index (κ3) is 3.59. The first kappa shape index (κ1) is 15.9. The quantitative estimate of drug-likeness (QED) is 0.675. The molecule has 0 bridgehead atoms. The summed E-state index contributed by atoms with van der Waals surface area (Å²) in [6, 6.07) is 0.559. The lowest BCUT2D eigenvalue weighted by atomic mass is 10.1. The third-order valence-corrected chi connectivity index (χ3v) is 3.18. The molecule has 0 spiro atoms. The lowest BCUT2D eigenvalue weighted by molar-refractivity contribution is -0.139. The van der Waals surface area contributed by atoms with Crippen LogP contribution in [0.3, 0.4) is 0 Å². The van der Waals surface area contributed by atoms with Gasteiger partial charge in [0.2, 0.25) is 0 Å². The second-order valence-corrected chi connectivity index (χ2v) is 4.92. The van der Waals surface area contributed by atoms with E-state index in [1.54, 1.807) is 12.4 Å². The fourth-order valence-corrected chi connectivity index (χ4v) is 2.06. The number of fused-ring (bicyclic) bond motifs is 1. The number of nitrogens with zero attached hydrogens (tertiary/aromatic N) is 3. The average molecular weight is 306 g/mol. The summed E-state index contributed by atoms with van der Waals surface area (Å²) < 4.78 is 1.44. The minimum absolute atomic E-state index is 0.000885. The Labute approximate surface area is 126 Å². The van der Waals surface area contributed by atoms with Gasteiger partial charge in [-0.05, 0) is 18.4 Å². The largest absolute Gasteiger partial charge is 0.480 e. The number of hydrogen-bond donors (Lipinski definition) is 3. The van der Waals surface area contributed by atoms with Crippen molar-refractivity contribution in [1.29, 1.82) is 0 Å². The van der Waals surface area contributed by atoms with Crippen LogP contribution in [0.2, 0.25) is 0 Å². The van der Waals surface area contributed by atoms with Crippen molar-refractivity contribution in [1.82, 2.24) is 19.9 Å². The summed E-state index contributed by atoms with van der Waals surface area (Å²) in [7, 11) is 0. The van der Waals surface area contributed by atoms with Crippen molar-refractivity contribution in [3.8, 4) is 0 Å². The number of aliphatic hydroxyl groups excluding tert-OH is 1. The number of carboxylic acids is 1. The van der Waals surface area contributed by atoms with Crippen LogP contribution >= 0.6 is 0 Å². The Bertz CT molecular complexity index is 683. The number of aliphatic carboxylic acids is 1. The number of aromatic nitrogens is 3. The lowest BCUT2D eigenvalue weighted by Gasteiger charge is -2.11. The van der Waals surface area contributed by atoms with Gasteiger partial charge in [0.15, 0.2) is 11.3 Å². The van der Waals surface area contributed by atoms with Crippen LogP contribution in [0.4, 0.5) is 0 Å². The van der Waals surface area contributed by atoms with Gasteiger partial charge in [0.1, 0.15) is 6.04 Å². The van der Waals surface area contributed by atoms with E-state index in [4.69, 9.17) is 10.2 Å². The van der Waals surface area contributed by atoms with E-state index in [2.05, 4.69) is 15.4 Å². The molecular formula is C14H18N4O4. The number of nitrogens with one attached hydrogen (secondary N) is 1. The summed E-state index contributed by atoms with van der Waals surface area (Å²) in [5, 5.41) is 24.5. The molecule has 8 nitrogen and oxygen atoms in total. The van der Waals surface area contributed by atoms with Crippen LogP contribution in [0.1, 0.15) is 35.8 Å². The van der Waals surface area contributed by atoms with E-state index in [9.17, 15) is 9.59 Å². The highest BCUT2D eigenvalue weighted by Crippen LogP contribution is 2.07. The molecule has 2 rings (SSSR count). The number of carbonyl (C=O) groups excluding carboxylic acids is 1. The highest BCUT2D eigenvalue weighted by Gasteiger charge is 2.21. The van der Waals surface area contributed by atoms with Crippen molar-refractivity contribution < 1.29 is 19.8 Å². The number of aliphatic hydroxyl groups is 1. The molecule has 0 unspecified atom stereocenters. The molecule has 0 aliphatic carbocycles. The zero-order chi connectivity index (χ0) is 16.1. The lowest BCUT2D eigenvalue weighted by Crippen LogP contribution is -2.40. The minimum atomic E-state index is -1.07. The molecule has 2 aromatic heterocycles. The molecule has 0 aliphatic rings. The maximum atomic E-state index is 12.1. The number of carboxylic acid groups (broad SMARTS) is 1. The molecular weight excluding hydrogens is 288 g/mol. The minimum Gasteiger partial charge on any atom is -0.480 e. The van der Waals surface area contributed by atoms with Gasteiger partial charge < -0.3 is 15.5 Å². The molecule has 0 saturated carbocycles. The highest BCUT2D eigenvalue weighted by atomic mass is 16.4. The van der Waals surface area contributed by atoms with Crippen LogP contribution < -0.4 is 5.32 Å². The normalized spacial score (nSPS) is 12.3. The molecule has 0 fully saturated rings. The monoisotopic (exact) mass is 306 g/mol. The predicted octanol–water partition coefficient (Wildman–Crippen LogP) is 0.247. The van der Waals surface area contributed by atoms with Gasteiger partial charge in [-0.15, -0.1) is 0 Å². The summed E-state index contributed by atoms with van der Waals surface area (Å²) in [4.78, 5) is 27.3. The Morgan fingerprint density at radius 2 is 2.23 bits per heavy atom. The molecule has 3 N–H and O–H groups in total. The maximum absolute atomic E-state index is 12.1. The van der Waals surface area contributed by atoms with Crippen molar-refractivity contribution in [2.45, 2.75) is 32.2 Å². The maximum Gasteiger partial charge on any atom is 0.326 e. The zero-order valence-electron chi connectivity index (χ0n) is 12.2. The van der Waals surface area contributed by atoms with E-state index in [1.165, 1.54) is 10.6 Å². The van der Waals surface area contributed by atoms with Crippen LogP contribution in [-0.2, 0) is 11.2 Å². The zero-order valence-corrected chi connectivity index (χ0v) is 12.2. The number of rotatable bonds is 7. The number of amides is 1. The first-order chi connectivity index (χ1) is 10.5. The molecule has 22 heavy (non-hydrogen) atoms. The van der Waals surface area contributed by atoms with Gasteiger partial charge in [-0.3, -0.25) is 4.79 Å². The summed E-state index contributed by atoms with van der Waals surface area (Å²) in [5.74, 6) is -1.61. The number of hydrogen-bond acceptors (Lipinski definition) is 5. The third-order valence-electron chi connectivity index (χ3n) is 3.18. The molecule has 1 atom stereocenters. The van der Waals surface area contributed by atoms with Crippen LogP contribution in [0, 0.1) is 0 Å². The standard InChI is InChI=1S/C14H18N4O4/c1-2-3-10(14(21)22)16-13(20)11-6-12-15-7-9(4-5-19)8-18(12)17-11/h6-8,10,19H,2-5H2,1H3,(H,16,20)(H,21,22)/t10-/m1/s1. The van der Waals surface area contributed by atoms with E-state index in [-0.39, 0.29) is 12.3 Å². The molecule has 1 amide bonds. The van der Waals surface area contributed by atoms with Gasteiger partial charge in [0.25, 0.3) is 5.91 Å². The van der Waals surface area contributed by atoms with Gasteiger partial charge in [-0.2, -0.15) is 5.10 Å². The van der Waals surface area contributed by atoms with Crippen molar-refractivity contribution in [3.63, 3.8) is 0 Å². The summed E-state index contributed by atoms with van der Waals surface area (Å²) in [6.07, 6.45) is 4.73. The van der Waals surface area contributed by atoms with Gasteiger partial charge in [0, 0.05) is 25.1 Å². The average Bonchev–Trinajstić information content (AvgIpc) is 2.90. The molecule has 0 radical (unpaired) electrons. The smallest absolute Gasteiger partial charge is 0.326 e. The summed E-state index contributed by atoms with van der Waals surface area (Å²) in [6.45, 7) is 1.85. The van der Waals surface area contributed by atoms with E-state index in [1.807, 2.05) is 6.92 Å². The van der Waals surface area contributed by atoms with Crippen molar-refractivity contribution >= 4 is 17.5 Å². The molecule has 0 aliphatic heterocycles. The molecule has 2 heterocycles. The van der Waals surface area contributed by atoms with E-state index in [0.29, 0.717) is 24.9 Å². The molecule has 118 valence electrons. The first-order valence-corrected chi connectivity index (χ1v) is 7.04. The van der Waals surface area contributed by atoms with Crippen molar-refractivity contribution in [3.05, 3.63) is 29.7 Å². The topological polar surface area (TPSA) is 117 Å². The van der Waals surface area contributed by atoms with Gasteiger partial charge in [-0.25, -0.2) is 14.3 Å². The molecule has 2 aromatic rings. The first-order valence-electron chi connectivity index (χ1n) is 7.04. The van der Waals surface area contributed by atoms with Gasteiger partial charge >= 0.3 is 5.97 Å². The van der Waals surface area contributed by atoms with Crippen molar-refractivity contribution in [2.75, 3.05) is 6.61 Å². The number of carbonyl (C=O) groups is 2. The van der Waals surface area contributed by atoms with Crippen LogP contribution in [0.25, 0.3) is 5.65 Å². The summed E-state index contributed by atoms with van der Waals surface area (Å²) in [5.41, 5.74) is 1.38. The van der Waals surface area contributed by atoms with E-state index >= 15 is 0 Å². The van der Waals surface area contributed by atoms with Gasteiger partial charge in [-0.1, -0.05) is 13.3 Å². The fourth-order valence-electron chi connectivity index (χ4n) is 2.06. The fraction of sp³-hybridized carbons (Fsp3) is 0.429. The van der Waals surface area contributed by atoms with E-state index < -0.39 is 17.9 Å². The van der Waals surface area contributed by atoms with Gasteiger partial charge in [0.05, 0.1) is 0 Å². The van der Waals surface area contributed by atoms with Crippen LogP contribution in [0.15, 0.2) is 18.5 Å². The second kappa shape index (κ2) is 6.99. The Morgan fingerprint density at radius 3 is 2.86 bits per heavy atom. The van der Waals surface area contributed by atoms with E-state index in [0.717, 1.165) is 5.56 Å². The SMILES string of the molecule is CCC[C@@H](NC(=O)c1cc2ncc(CCO)cn2n1)C(=O)O. The molecule has 8 heteroatoms. The molecule has 0 aromatic carbocycles. The van der Waals surface area contributed by atoms with Crippen LogP contribution in [-0.4, -0.2) is 49.3 Å². The van der Waals surface area contributed by atoms with Crippen molar-refractivity contribution in [2.24, 2.45) is 0 Å². The second-order valence-electron chi connectivity index (χ2n) is 4.92.